The molecule has 0 spiro atoms. The summed E-state index contributed by atoms with van der Waals surface area (Å²) in [6.45, 7) is 1.93. The summed E-state index contributed by atoms with van der Waals surface area (Å²) in [5, 5.41) is 4.52. The second kappa shape index (κ2) is 5.82. The molecule has 0 N–H and O–H groups in total. The molecule has 1 aromatic heterocycles. The Kier molecular flexibility index (Phi) is 4.02. The summed E-state index contributed by atoms with van der Waals surface area (Å²) in [7, 11) is 1.31. The molecular formula is C16H14ClNO3S. The molecule has 22 heavy (non-hydrogen) atoms. The number of ether oxygens (including phenoxy) is 1. The van der Waals surface area contributed by atoms with Crippen LogP contribution in [0.3, 0.4) is 0 Å². The first-order valence-corrected chi connectivity index (χ1v) is 7.70. The van der Waals surface area contributed by atoms with E-state index >= 15 is 0 Å². The SMILES string of the molecule is COC(=O)c1noc(C2CC2)c1C(=S)c1ccc(Cl)cc1C. The van der Waals surface area contributed by atoms with E-state index in [0.717, 1.165) is 24.0 Å². The molecule has 0 atom stereocenters. The molecule has 4 nitrogen and oxygen atoms in total. The molecule has 0 saturated heterocycles. The highest BCUT2D eigenvalue weighted by Crippen LogP contribution is 2.43. The zero-order chi connectivity index (χ0) is 15.9. The van der Waals surface area contributed by atoms with Gasteiger partial charge in [0, 0.05) is 10.9 Å². The van der Waals surface area contributed by atoms with Crippen LogP contribution in [0.5, 0.6) is 0 Å². The van der Waals surface area contributed by atoms with Gasteiger partial charge in [0.2, 0.25) is 0 Å². The van der Waals surface area contributed by atoms with Crippen LogP contribution in [0.1, 0.15) is 51.7 Å². The van der Waals surface area contributed by atoms with Gasteiger partial charge in [-0.3, -0.25) is 0 Å². The molecule has 0 amide bonds. The first-order valence-electron chi connectivity index (χ1n) is 6.91. The first-order chi connectivity index (χ1) is 10.5. The molecule has 2 aromatic rings. The number of esters is 1. The van der Waals surface area contributed by atoms with Crippen molar-refractivity contribution in [1.29, 1.82) is 0 Å². The molecule has 1 aliphatic carbocycles. The van der Waals surface area contributed by atoms with Crippen molar-refractivity contribution in [2.24, 2.45) is 0 Å². The Morgan fingerprint density at radius 3 is 2.77 bits per heavy atom. The summed E-state index contributed by atoms with van der Waals surface area (Å²) in [5.41, 5.74) is 2.50. The van der Waals surface area contributed by atoms with Crippen LogP contribution >= 0.6 is 23.8 Å². The number of thiocarbonyl (C=S) groups is 1. The van der Waals surface area contributed by atoms with Gasteiger partial charge in [0.15, 0.2) is 5.69 Å². The van der Waals surface area contributed by atoms with Gasteiger partial charge in [-0.15, -0.1) is 0 Å². The van der Waals surface area contributed by atoms with E-state index in [-0.39, 0.29) is 11.6 Å². The van der Waals surface area contributed by atoms with Crippen LogP contribution in [-0.4, -0.2) is 23.1 Å². The molecule has 1 saturated carbocycles. The second-order valence-electron chi connectivity index (χ2n) is 5.32. The van der Waals surface area contributed by atoms with Crippen LogP contribution in [0.25, 0.3) is 0 Å². The molecule has 1 fully saturated rings. The quantitative estimate of drug-likeness (QED) is 0.479. The first kappa shape index (κ1) is 15.2. The standard InChI is InChI=1S/C16H14ClNO3S/c1-8-7-10(17)5-6-11(8)15(22)12-13(16(19)20-2)18-21-14(12)9-3-4-9/h5-7,9H,3-4H2,1-2H3. The number of rotatable bonds is 4. The number of carbonyl (C=O) groups is 1. The smallest absolute Gasteiger partial charge is 0.360 e. The topological polar surface area (TPSA) is 52.3 Å². The Morgan fingerprint density at radius 1 is 1.45 bits per heavy atom. The van der Waals surface area contributed by atoms with Gasteiger partial charge in [-0.25, -0.2) is 4.79 Å². The number of hydrogen-bond donors (Lipinski definition) is 0. The van der Waals surface area contributed by atoms with Crippen molar-refractivity contribution in [3.05, 3.63) is 51.4 Å². The number of benzene rings is 1. The summed E-state index contributed by atoms with van der Waals surface area (Å²) in [6.07, 6.45) is 2.04. The van der Waals surface area contributed by atoms with Gasteiger partial charge >= 0.3 is 5.97 Å². The molecular weight excluding hydrogens is 322 g/mol. The van der Waals surface area contributed by atoms with Crippen molar-refractivity contribution in [2.75, 3.05) is 7.11 Å². The molecule has 0 aliphatic heterocycles. The molecule has 0 bridgehead atoms. The van der Waals surface area contributed by atoms with E-state index in [4.69, 9.17) is 33.1 Å². The van der Waals surface area contributed by atoms with Crippen LogP contribution in [0.4, 0.5) is 0 Å². The van der Waals surface area contributed by atoms with Gasteiger partial charge in [0.05, 0.1) is 17.5 Å². The maximum Gasteiger partial charge on any atom is 0.360 e. The number of nitrogens with zero attached hydrogens (tertiary/aromatic N) is 1. The average Bonchev–Trinajstić information content (AvgIpc) is 3.24. The zero-order valence-electron chi connectivity index (χ0n) is 12.2. The third-order valence-corrected chi connectivity index (χ3v) is 4.36. The molecule has 1 aromatic carbocycles. The van der Waals surface area contributed by atoms with Crippen molar-refractivity contribution in [2.45, 2.75) is 25.7 Å². The normalized spacial score (nSPS) is 14.0. The molecule has 1 heterocycles. The van der Waals surface area contributed by atoms with Gasteiger partial charge < -0.3 is 9.26 Å². The molecule has 0 unspecified atom stereocenters. The highest BCUT2D eigenvalue weighted by molar-refractivity contribution is 7.81. The minimum absolute atomic E-state index is 0.142. The van der Waals surface area contributed by atoms with E-state index in [0.29, 0.717) is 21.2 Å². The summed E-state index contributed by atoms with van der Waals surface area (Å²) >= 11 is 11.6. The Bertz CT molecular complexity index is 765. The predicted molar refractivity (Wildman–Crippen MR) is 86.8 cm³/mol. The molecule has 1 aliphatic rings. The van der Waals surface area contributed by atoms with Crippen LogP contribution in [0.15, 0.2) is 22.7 Å². The van der Waals surface area contributed by atoms with Gasteiger partial charge in [-0.05, 0) is 43.0 Å². The third-order valence-electron chi connectivity index (χ3n) is 3.71. The maximum absolute atomic E-state index is 11.9. The molecule has 3 rings (SSSR count). The lowest BCUT2D eigenvalue weighted by Crippen LogP contribution is -2.12. The van der Waals surface area contributed by atoms with Crippen LogP contribution in [0.2, 0.25) is 5.02 Å². The van der Waals surface area contributed by atoms with E-state index in [9.17, 15) is 4.79 Å². The van der Waals surface area contributed by atoms with Crippen LogP contribution in [0, 0.1) is 6.92 Å². The fraction of sp³-hybridized carbons (Fsp3) is 0.312. The largest absolute Gasteiger partial charge is 0.464 e. The second-order valence-corrected chi connectivity index (χ2v) is 6.17. The minimum atomic E-state index is -0.542. The number of aromatic nitrogens is 1. The Hall–Kier alpha value is -1.72. The molecule has 114 valence electrons. The van der Waals surface area contributed by atoms with E-state index in [1.165, 1.54) is 7.11 Å². The zero-order valence-corrected chi connectivity index (χ0v) is 13.8. The summed E-state index contributed by atoms with van der Waals surface area (Å²) in [6, 6.07) is 5.47. The minimum Gasteiger partial charge on any atom is -0.464 e. The lowest BCUT2D eigenvalue weighted by atomic mass is 9.97. The number of hydrogen-bond acceptors (Lipinski definition) is 5. The Balaban J connectivity index is 2.11. The van der Waals surface area contributed by atoms with E-state index in [1.807, 2.05) is 19.1 Å². The van der Waals surface area contributed by atoms with Crippen molar-refractivity contribution in [3.8, 4) is 0 Å². The van der Waals surface area contributed by atoms with E-state index in [2.05, 4.69) is 5.16 Å². The molecule has 0 radical (unpaired) electrons. The average molecular weight is 336 g/mol. The molecule has 6 heteroatoms. The number of aryl methyl sites for hydroxylation is 1. The monoisotopic (exact) mass is 335 g/mol. The lowest BCUT2D eigenvalue weighted by molar-refractivity contribution is 0.0589. The Labute approximate surface area is 138 Å². The third kappa shape index (κ3) is 2.66. The summed E-state index contributed by atoms with van der Waals surface area (Å²) in [5.74, 6) is 0.422. The highest BCUT2D eigenvalue weighted by atomic mass is 35.5. The Morgan fingerprint density at radius 2 is 2.18 bits per heavy atom. The van der Waals surface area contributed by atoms with Crippen molar-refractivity contribution < 1.29 is 14.1 Å². The fourth-order valence-corrected chi connectivity index (χ4v) is 3.05. The van der Waals surface area contributed by atoms with E-state index in [1.54, 1.807) is 6.07 Å². The van der Waals surface area contributed by atoms with Gasteiger partial charge in [-0.2, -0.15) is 0 Å². The number of methoxy groups -OCH3 is 1. The van der Waals surface area contributed by atoms with Crippen LogP contribution in [-0.2, 0) is 4.74 Å². The maximum atomic E-state index is 11.9. The van der Waals surface area contributed by atoms with E-state index < -0.39 is 5.97 Å². The lowest BCUT2D eigenvalue weighted by Gasteiger charge is -2.09. The van der Waals surface area contributed by atoms with Crippen molar-refractivity contribution in [1.82, 2.24) is 5.16 Å². The predicted octanol–water partition coefficient (Wildman–Crippen LogP) is 4.07. The number of carbonyl (C=O) groups excluding carboxylic acids is 1. The van der Waals surface area contributed by atoms with Gasteiger partial charge in [-0.1, -0.05) is 35.0 Å². The van der Waals surface area contributed by atoms with Crippen LogP contribution < -0.4 is 0 Å². The highest BCUT2D eigenvalue weighted by Gasteiger charge is 2.36. The fourth-order valence-electron chi connectivity index (χ4n) is 2.40. The summed E-state index contributed by atoms with van der Waals surface area (Å²) < 4.78 is 10.2. The number of halogens is 1. The van der Waals surface area contributed by atoms with Gasteiger partial charge in [0.1, 0.15) is 5.76 Å². The van der Waals surface area contributed by atoms with Crippen molar-refractivity contribution in [3.63, 3.8) is 0 Å². The van der Waals surface area contributed by atoms with Crippen molar-refractivity contribution >= 4 is 34.7 Å². The summed E-state index contributed by atoms with van der Waals surface area (Å²) in [4.78, 5) is 12.5. The van der Waals surface area contributed by atoms with Gasteiger partial charge in [0.25, 0.3) is 0 Å².